The zero-order valence-electron chi connectivity index (χ0n) is 15.2. The number of carbonyl (C=O) groups is 1. The molecule has 0 spiro atoms. The normalized spacial score (nSPS) is 14.5. The fourth-order valence-electron chi connectivity index (χ4n) is 3.57. The van der Waals surface area contributed by atoms with Crippen LogP contribution in [0.2, 0.25) is 0 Å². The van der Waals surface area contributed by atoms with E-state index in [-0.39, 0.29) is 17.2 Å². The average Bonchev–Trinajstić information content (AvgIpc) is 3.20. The van der Waals surface area contributed by atoms with Crippen molar-refractivity contribution in [2.24, 2.45) is 0 Å². The van der Waals surface area contributed by atoms with Crippen LogP contribution in [0.4, 0.5) is 0 Å². The molecule has 4 rings (SSSR count). The number of hydrogen-bond acceptors (Lipinski definition) is 3. The first-order chi connectivity index (χ1) is 13.2. The van der Waals surface area contributed by atoms with Gasteiger partial charge in [0.2, 0.25) is 0 Å². The van der Waals surface area contributed by atoms with E-state index in [1.807, 2.05) is 18.2 Å². The fourth-order valence-corrected chi connectivity index (χ4v) is 3.57. The molecule has 1 aliphatic heterocycles. The highest BCUT2D eigenvalue weighted by atomic mass is 16.2. The second-order valence-electron chi connectivity index (χ2n) is 7.08. The zero-order valence-corrected chi connectivity index (χ0v) is 15.2. The van der Waals surface area contributed by atoms with Gasteiger partial charge in [0.15, 0.2) is 0 Å². The molecule has 27 heavy (non-hydrogen) atoms. The number of H-pyrrole nitrogens is 1. The van der Waals surface area contributed by atoms with Crippen molar-refractivity contribution < 1.29 is 4.79 Å². The van der Waals surface area contributed by atoms with Gasteiger partial charge in [0.1, 0.15) is 5.69 Å². The Bertz CT molecular complexity index is 1000. The number of aromatic nitrogens is 1. The van der Waals surface area contributed by atoms with Crippen LogP contribution in [0, 0.1) is 0 Å². The summed E-state index contributed by atoms with van der Waals surface area (Å²) in [5, 5.41) is 4.23. The number of benzene rings is 2. The molecular weight excluding hydrogens is 338 g/mol. The predicted molar refractivity (Wildman–Crippen MR) is 107 cm³/mol. The van der Waals surface area contributed by atoms with Crippen LogP contribution in [0.3, 0.4) is 0 Å². The lowest BCUT2D eigenvalue weighted by Gasteiger charge is -2.14. The minimum atomic E-state index is -0.279. The first-order valence-electron chi connectivity index (χ1n) is 9.39. The highest BCUT2D eigenvalue weighted by Crippen LogP contribution is 2.14. The van der Waals surface area contributed by atoms with Crippen molar-refractivity contribution in [2.45, 2.75) is 25.9 Å². The summed E-state index contributed by atoms with van der Waals surface area (Å²) >= 11 is 0. The second kappa shape index (κ2) is 7.76. The van der Waals surface area contributed by atoms with E-state index < -0.39 is 0 Å². The molecule has 138 valence electrons. The van der Waals surface area contributed by atoms with Crippen LogP contribution < -0.4 is 10.9 Å². The van der Waals surface area contributed by atoms with Crippen molar-refractivity contribution in [2.75, 3.05) is 13.1 Å². The van der Waals surface area contributed by atoms with Gasteiger partial charge in [0, 0.05) is 18.5 Å². The molecule has 0 radical (unpaired) electrons. The number of pyridine rings is 1. The molecule has 5 nitrogen and oxygen atoms in total. The number of nitrogens with one attached hydrogen (secondary N) is 2. The van der Waals surface area contributed by atoms with Crippen LogP contribution in [0.5, 0.6) is 0 Å². The third kappa shape index (κ3) is 4.09. The van der Waals surface area contributed by atoms with E-state index in [4.69, 9.17) is 0 Å². The fraction of sp³-hybridized carbons (Fsp3) is 0.273. The molecule has 1 fully saturated rings. The average molecular weight is 361 g/mol. The van der Waals surface area contributed by atoms with Gasteiger partial charge in [-0.15, -0.1) is 0 Å². The van der Waals surface area contributed by atoms with Crippen molar-refractivity contribution in [3.63, 3.8) is 0 Å². The highest BCUT2D eigenvalue weighted by Gasteiger charge is 2.12. The summed E-state index contributed by atoms with van der Waals surface area (Å²) in [7, 11) is 0. The molecule has 0 saturated carbocycles. The van der Waals surface area contributed by atoms with E-state index in [0.29, 0.717) is 11.9 Å². The monoisotopic (exact) mass is 361 g/mol. The Kier molecular flexibility index (Phi) is 5.03. The number of amides is 1. The van der Waals surface area contributed by atoms with Gasteiger partial charge in [-0.25, -0.2) is 0 Å². The Balaban J connectivity index is 1.39. The molecule has 1 aromatic heterocycles. The summed E-state index contributed by atoms with van der Waals surface area (Å²) in [6, 6.07) is 17.3. The molecule has 1 saturated heterocycles. The third-order valence-corrected chi connectivity index (χ3v) is 5.08. The molecule has 1 amide bonds. The molecular formula is C22H23N3O2. The van der Waals surface area contributed by atoms with Crippen LogP contribution in [-0.4, -0.2) is 28.9 Å². The first kappa shape index (κ1) is 17.5. The smallest absolute Gasteiger partial charge is 0.268 e. The van der Waals surface area contributed by atoms with E-state index in [9.17, 15) is 9.59 Å². The minimum absolute atomic E-state index is 0.246. The third-order valence-electron chi connectivity index (χ3n) is 5.08. The molecule has 3 aromatic rings. The SMILES string of the molecule is O=C(NCc1ccc(CN2CCCC2)cc1)c1cc2ccccc2c(=O)[nH]1. The van der Waals surface area contributed by atoms with Crippen LogP contribution >= 0.6 is 0 Å². The van der Waals surface area contributed by atoms with Gasteiger partial charge in [0.05, 0.1) is 0 Å². The largest absolute Gasteiger partial charge is 0.347 e. The van der Waals surface area contributed by atoms with E-state index in [0.717, 1.165) is 17.5 Å². The lowest BCUT2D eigenvalue weighted by Crippen LogP contribution is -2.26. The number of nitrogens with zero attached hydrogens (tertiary/aromatic N) is 1. The second-order valence-corrected chi connectivity index (χ2v) is 7.08. The number of aromatic amines is 1. The lowest BCUT2D eigenvalue weighted by molar-refractivity contribution is 0.0946. The first-order valence-corrected chi connectivity index (χ1v) is 9.39. The van der Waals surface area contributed by atoms with Crippen LogP contribution in [0.25, 0.3) is 10.8 Å². The van der Waals surface area contributed by atoms with Gasteiger partial charge >= 0.3 is 0 Å². The van der Waals surface area contributed by atoms with E-state index >= 15 is 0 Å². The molecule has 0 bridgehead atoms. The van der Waals surface area contributed by atoms with Gasteiger partial charge in [0.25, 0.3) is 11.5 Å². The molecule has 2 aromatic carbocycles. The topological polar surface area (TPSA) is 65.2 Å². The molecule has 2 N–H and O–H groups in total. The summed E-state index contributed by atoms with van der Waals surface area (Å²) in [6.45, 7) is 3.78. The number of likely N-dealkylation sites (tertiary alicyclic amines) is 1. The summed E-state index contributed by atoms with van der Waals surface area (Å²) in [5.74, 6) is -0.279. The Labute approximate surface area is 158 Å². The number of fused-ring (bicyclic) bond motifs is 1. The van der Waals surface area contributed by atoms with Crippen molar-refractivity contribution in [1.29, 1.82) is 0 Å². The standard InChI is InChI=1S/C22H23N3O2/c26-21-19-6-2-1-5-18(19)13-20(24-21)22(27)23-14-16-7-9-17(10-8-16)15-25-11-3-4-12-25/h1-2,5-10,13H,3-4,11-12,14-15H2,(H,23,27)(H,24,26). The van der Waals surface area contributed by atoms with Crippen molar-refractivity contribution in [3.05, 3.63) is 81.8 Å². The number of hydrogen-bond donors (Lipinski definition) is 2. The van der Waals surface area contributed by atoms with Gasteiger partial charge in [-0.3, -0.25) is 14.5 Å². The summed E-state index contributed by atoms with van der Waals surface area (Å²) < 4.78 is 0. The van der Waals surface area contributed by atoms with Gasteiger partial charge in [-0.1, -0.05) is 42.5 Å². The molecule has 5 heteroatoms. The van der Waals surface area contributed by atoms with Crippen LogP contribution in [0.15, 0.2) is 59.4 Å². The summed E-state index contributed by atoms with van der Waals surface area (Å²) in [6.07, 6.45) is 2.59. The van der Waals surface area contributed by atoms with Crippen LogP contribution in [-0.2, 0) is 13.1 Å². The minimum Gasteiger partial charge on any atom is -0.347 e. The maximum atomic E-state index is 12.4. The van der Waals surface area contributed by atoms with E-state index in [1.54, 1.807) is 12.1 Å². The lowest BCUT2D eigenvalue weighted by atomic mass is 10.1. The van der Waals surface area contributed by atoms with Gasteiger partial charge in [-0.2, -0.15) is 0 Å². The van der Waals surface area contributed by atoms with Crippen molar-refractivity contribution in [1.82, 2.24) is 15.2 Å². The molecule has 0 unspecified atom stereocenters. The Morgan fingerprint density at radius 3 is 2.48 bits per heavy atom. The molecule has 0 aliphatic carbocycles. The number of carbonyl (C=O) groups excluding carboxylic acids is 1. The zero-order chi connectivity index (χ0) is 18.6. The Morgan fingerprint density at radius 1 is 1.00 bits per heavy atom. The van der Waals surface area contributed by atoms with E-state index in [1.165, 1.54) is 31.5 Å². The van der Waals surface area contributed by atoms with E-state index in [2.05, 4.69) is 39.5 Å². The summed E-state index contributed by atoms with van der Waals surface area (Å²) in [4.78, 5) is 29.7. The molecule has 0 atom stereocenters. The van der Waals surface area contributed by atoms with Crippen LogP contribution in [0.1, 0.15) is 34.5 Å². The summed E-state index contributed by atoms with van der Waals surface area (Å²) in [5.41, 5.74) is 2.37. The molecule has 2 heterocycles. The van der Waals surface area contributed by atoms with Gasteiger partial charge < -0.3 is 10.3 Å². The van der Waals surface area contributed by atoms with Crippen molar-refractivity contribution in [3.8, 4) is 0 Å². The quantitative estimate of drug-likeness (QED) is 0.734. The maximum absolute atomic E-state index is 12.4. The maximum Gasteiger partial charge on any atom is 0.268 e. The Hall–Kier alpha value is -2.92. The molecule has 1 aliphatic rings. The Morgan fingerprint density at radius 2 is 1.70 bits per heavy atom. The van der Waals surface area contributed by atoms with Gasteiger partial charge in [-0.05, 0) is 54.6 Å². The predicted octanol–water partition coefficient (Wildman–Crippen LogP) is 3.05. The number of rotatable bonds is 5. The van der Waals surface area contributed by atoms with Crippen molar-refractivity contribution >= 4 is 16.7 Å². The highest BCUT2D eigenvalue weighted by molar-refractivity contribution is 5.96.